The summed E-state index contributed by atoms with van der Waals surface area (Å²) in [6.45, 7) is 5.71. The van der Waals surface area contributed by atoms with E-state index in [0.29, 0.717) is 19.6 Å². The Morgan fingerprint density at radius 3 is 2.52 bits per heavy atom. The maximum absolute atomic E-state index is 12.7. The average Bonchev–Trinajstić information content (AvgIpc) is 3.21. The van der Waals surface area contributed by atoms with Gasteiger partial charge < -0.3 is 15.5 Å². The number of nitrogens with one attached hydrogen (secondary N) is 2. The highest BCUT2D eigenvalue weighted by Gasteiger charge is 2.52. The van der Waals surface area contributed by atoms with Crippen LogP contribution in [0.25, 0.3) is 0 Å². The number of nitrogens with zero attached hydrogens (tertiary/aromatic N) is 1. The number of benzene rings is 1. The van der Waals surface area contributed by atoms with Crippen molar-refractivity contribution in [2.24, 2.45) is 11.3 Å². The highest BCUT2D eigenvalue weighted by molar-refractivity contribution is 5.83. The summed E-state index contributed by atoms with van der Waals surface area (Å²) in [4.78, 5) is 27.2. The molecular formula is C20H29N3O2. The molecule has 3 rings (SSSR count). The fourth-order valence-electron chi connectivity index (χ4n) is 4.34. The average molecular weight is 343 g/mol. The van der Waals surface area contributed by atoms with Crippen LogP contribution in [0.2, 0.25) is 0 Å². The molecule has 5 heteroatoms. The fourth-order valence-corrected chi connectivity index (χ4v) is 4.34. The molecule has 2 fully saturated rings. The third-order valence-electron chi connectivity index (χ3n) is 5.57. The predicted octanol–water partition coefficient (Wildman–Crippen LogP) is 2.91. The van der Waals surface area contributed by atoms with E-state index >= 15 is 0 Å². The van der Waals surface area contributed by atoms with Crippen molar-refractivity contribution in [2.45, 2.75) is 52.1 Å². The molecule has 0 bridgehead atoms. The number of carbonyl (C=O) groups is 2. The first-order valence-corrected chi connectivity index (χ1v) is 9.37. The Labute approximate surface area is 150 Å². The molecule has 1 aliphatic heterocycles. The SMILES string of the molecule is CC(C)NC(=O)C1CN(C(=O)NCc2ccccc2)CC12CCCC2. The zero-order valence-corrected chi connectivity index (χ0v) is 15.3. The van der Waals surface area contributed by atoms with Gasteiger partial charge in [0.15, 0.2) is 0 Å². The molecule has 1 aromatic carbocycles. The number of urea groups is 1. The van der Waals surface area contributed by atoms with Crippen molar-refractivity contribution in [1.82, 2.24) is 15.5 Å². The van der Waals surface area contributed by atoms with Gasteiger partial charge in [-0.25, -0.2) is 4.79 Å². The molecular weight excluding hydrogens is 314 g/mol. The molecule has 3 amide bonds. The Balaban J connectivity index is 1.64. The molecule has 25 heavy (non-hydrogen) atoms. The van der Waals surface area contributed by atoms with Gasteiger partial charge in [-0.05, 0) is 32.3 Å². The lowest BCUT2D eigenvalue weighted by atomic mass is 9.76. The summed E-state index contributed by atoms with van der Waals surface area (Å²) in [7, 11) is 0. The Hall–Kier alpha value is -2.04. The van der Waals surface area contributed by atoms with Crippen molar-refractivity contribution >= 4 is 11.9 Å². The number of carbonyl (C=O) groups excluding carboxylic acids is 2. The number of likely N-dealkylation sites (tertiary alicyclic amines) is 1. The second kappa shape index (κ2) is 7.46. The van der Waals surface area contributed by atoms with E-state index in [4.69, 9.17) is 0 Å². The molecule has 1 aliphatic carbocycles. The topological polar surface area (TPSA) is 61.4 Å². The smallest absolute Gasteiger partial charge is 0.317 e. The number of hydrogen-bond acceptors (Lipinski definition) is 2. The van der Waals surface area contributed by atoms with Gasteiger partial charge in [-0.2, -0.15) is 0 Å². The van der Waals surface area contributed by atoms with Crippen molar-refractivity contribution in [2.75, 3.05) is 13.1 Å². The van der Waals surface area contributed by atoms with E-state index in [2.05, 4.69) is 10.6 Å². The summed E-state index contributed by atoms with van der Waals surface area (Å²) in [5.41, 5.74) is 1.06. The van der Waals surface area contributed by atoms with Gasteiger partial charge in [-0.3, -0.25) is 4.79 Å². The monoisotopic (exact) mass is 343 g/mol. The lowest BCUT2D eigenvalue weighted by Crippen LogP contribution is -2.42. The first-order chi connectivity index (χ1) is 12.0. The fraction of sp³-hybridized carbons (Fsp3) is 0.600. The van der Waals surface area contributed by atoms with Crippen LogP contribution >= 0.6 is 0 Å². The summed E-state index contributed by atoms with van der Waals surface area (Å²) < 4.78 is 0. The lowest BCUT2D eigenvalue weighted by molar-refractivity contribution is -0.128. The molecule has 1 aromatic rings. The highest BCUT2D eigenvalue weighted by atomic mass is 16.2. The van der Waals surface area contributed by atoms with Gasteiger partial charge in [-0.15, -0.1) is 0 Å². The molecule has 2 N–H and O–H groups in total. The highest BCUT2D eigenvalue weighted by Crippen LogP contribution is 2.49. The standard InChI is InChI=1S/C20H29N3O2/c1-15(2)22-18(24)17-13-23(14-20(17)10-6-7-11-20)19(25)21-12-16-8-4-3-5-9-16/h3-5,8-9,15,17H,6-7,10-14H2,1-2H3,(H,21,25)(H,22,24). The number of amides is 3. The largest absolute Gasteiger partial charge is 0.354 e. The lowest BCUT2D eigenvalue weighted by Gasteiger charge is -2.29. The number of hydrogen-bond donors (Lipinski definition) is 2. The molecule has 2 aliphatic rings. The van der Waals surface area contributed by atoms with Crippen LogP contribution in [-0.2, 0) is 11.3 Å². The molecule has 1 atom stereocenters. The molecule has 1 heterocycles. The second-order valence-electron chi connectivity index (χ2n) is 7.81. The van der Waals surface area contributed by atoms with E-state index < -0.39 is 0 Å². The van der Waals surface area contributed by atoms with Crippen molar-refractivity contribution in [3.05, 3.63) is 35.9 Å². The summed E-state index contributed by atoms with van der Waals surface area (Å²) in [5, 5.41) is 6.06. The van der Waals surface area contributed by atoms with Crippen molar-refractivity contribution < 1.29 is 9.59 Å². The maximum atomic E-state index is 12.7. The van der Waals surface area contributed by atoms with Crippen LogP contribution in [0.4, 0.5) is 4.79 Å². The van der Waals surface area contributed by atoms with Gasteiger partial charge in [0.2, 0.25) is 5.91 Å². The molecule has 1 saturated carbocycles. The van der Waals surface area contributed by atoms with Crippen LogP contribution in [0, 0.1) is 11.3 Å². The summed E-state index contributed by atoms with van der Waals surface area (Å²) in [5.74, 6) is 0.0233. The van der Waals surface area contributed by atoms with Crippen LogP contribution in [0.15, 0.2) is 30.3 Å². The van der Waals surface area contributed by atoms with Crippen LogP contribution in [0.5, 0.6) is 0 Å². The molecule has 5 nitrogen and oxygen atoms in total. The molecule has 1 unspecified atom stereocenters. The third-order valence-corrected chi connectivity index (χ3v) is 5.57. The van der Waals surface area contributed by atoms with Crippen LogP contribution in [0.1, 0.15) is 45.1 Å². The van der Waals surface area contributed by atoms with Crippen LogP contribution in [-0.4, -0.2) is 36.0 Å². The Morgan fingerprint density at radius 1 is 1.20 bits per heavy atom. The summed E-state index contributed by atoms with van der Waals surface area (Å²) in [6, 6.07) is 9.98. The van der Waals surface area contributed by atoms with Gasteiger partial charge in [0, 0.05) is 31.1 Å². The Bertz CT molecular complexity index is 609. The minimum absolute atomic E-state index is 0.0247. The number of rotatable bonds is 4. The zero-order valence-electron chi connectivity index (χ0n) is 15.3. The van der Waals surface area contributed by atoms with E-state index in [-0.39, 0.29) is 29.3 Å². The molecule has 0 aromatic heterocycles. The van der Waals surface area contributed by atoms with E-state index in [9.17, 15) is 9.59 Å². The molecule has 1 saturated heterocycles. The first-order valence-electron chi connectivity index (χ1n) is 9.37. The predicted molar refractivity (Wildman–Crippen MR) is 97.9 cm³/mol. The van der Waals surface area contributed by atoms with Crippen molar-refractivity contribution in [1.29, 1.82) is 0 Å². The molecule has 136 valence electrons. The van der Waals surface area contributed by atoms with E-state index in [0.717, 1.165) is 31.2 Å². The van der Waals surface area contributed by atoms with E-state index in [1.165, 1.54) is 0 Å². The summed E-state index contributed by atoms with van der Waals surface area (Å²) >= 11 is 0. The van der Waals surface area contributed by atoms with Gasteiger partial charge in [0.25, 0.3) is 0 Å². The Morgan fingerprint density at radius 2 is 1.88 bits per heavy atom. The normalized spacial score (nSPS) is 21.7. The second-order valence-corrected chi connectivity index (χ2v) is 7.81. The van der Waals surface area contributed by atoms with Gasteiger partial charge in [0.05, 0.1) is 5.92 Å². The quantitative estimate of drug-likeness (QED) is 0.883. The zero-order chi connectivity index (χ0) is 17.9. The van der Waals surface area contributed by atoms with E-state index in [1.54, 1.807) is 0 Å². The van der Waals surface area contributed by atoms with Crippen molar-refractivity contribution in [3.8, 4) is 0 Å². The minimum atomic E-state index is -0.0834. The Kier molecular flexibility index (Phi) is 5.30. The van der Waals surface area contributed by atoms with Crippen LogP contribution in [0.3, 0.4) is 0 Å². The van der Waals surface area contributed by atoms with Gasteiger partial charge >= 0.3 is 6.03 Å². The van der Waals surface area contributed by atoms with Gasteiger partial charge in [0.1, 0.15) is 0 Å². The molecule has 1 spiro atoms. The van der Waals surface area contributed by atoms with Gasteiger partial charge in [-0.1, -0.05) is 43.2 Å². The summed E-state index contributed by atoms with van der Waals surface area (Å²) in [6.07, 6.45) is 4.41. The first kappa shape index (κ1) is 17.8. The third kappa shape index (κ3) is 3.97. The maximum Gasteiger partial charge on any atom is 0.317 e. The van der Waals surface area contributed by atoms with Crippen LogP contribution < -0.4 is 10.6 Å². The molecule has 0 radical (unpaired) electrons. The van der Waals surface area contributed by atoms with Crippen molar-refractivity contribution in [3.63, 3.8) is 0 Å². The minimum Gasteiger partial charge on any atom is -0.354 e. The van der Waals surface area contributed by atoms with E-state index in [1.807, 2.05) is 49.1 Å².